The average Bonchev–Trinajstić information content (AvgIpc) is 3.51. The molecule has 1 aromatic carbocycles. The lowest BCUT2D eigenvalue weighted by molar-refractivity contribution is -0.128. The summed E-state index contributed by atoms with van der Waals surface area (Å²) < 4.78 is 32.8. The number of carbonyl (C=O) groups excluding carboxylic acids is 2. The Bertz CT molecular complexity index is 989. The molecule has 2 saturated carbocycles. The van der Waals surface area contributed by atoms with Crippen LogP contribution in [0.4, 0.5) is 0 Å². The van der Waals surface area contributed by atoms with E-state index >= 15 is 0 Å². The van der Waals surface area contributed by atoms with Gasteiger partial charge in [0.05, 0.1) is 10.5 Å². The third kappa shape index (κ3) is 4.50. The first-order valence-electron chi connectivity index (χ1n) is 11.6. The summed E-state index contributed by atoms with van der Waals surface area (Å²) in [7, 11) is -3.70. The zero-order valence-electron chi connectivity index (χ0n) is 18.7. The topological polar surface area (TPSA) is 119 Å². The molecule has 176 valence electrons. The highest BCUT2D eigenvalue weighted by molar-refractivity contribution is 7.89. The second-order valence-corrected chi connectivity index (χ2v) is 11.5. The molecule has 2 aliphatic carbocycles. The number of nitrogens with one attached hydrogen (secondary N) is 1. The van der Waals surface area contributed by atoms with Crippen molar-refractivity contribution in [2.75, 3.05) is 13.1 Å². The van der Waals surface area contributed by atoms with Crippen molar-refractivity contribution < 1.29 is 22.7 Å². The van der Waals surface area contributed by atoms with Gasteiger partial charge in [-0.15, -0.1) is 0 Å². The van der Waals surface area contributed by atoms with E-state index in [9.17, 15) is 18.0 Å². The third-order valence-corrected chi connectivity index (χ3v) is 9.29. The molecule has 8 nitrogen and oxygen atoms in total. The van der Waals surface area contributed by atoms with Crippen LogP contribution < -0.4 is 15.8 Å². The van der Waals surface area contributed by atoms with Crippen molar-refractivity contribution in [2.45, 2.75) is 69.4 Å². The number of sulfonamides is 1. The largest absolute Gasteiger partial charge is 0.480 e. The van der Waals surface area contributed by atoms with Crippen molar-refractivity contribution in [1.82, 2.24) is 9.62 Å². The van der Waals surface area contributed by atoms with E-state index in [1.54, 1.807) is 6.92 Å². The SMILES string of the molecule is C[C@H](Oc1ccc(S(=O)(=O)N2CCCC2)cc1C(N)=O)C(=O)N[C@@H](C)[C@H]1C[C@H]2CC[C@H]1C2. The maximum absolute atomic E-state index is 12.8. The van der Waals surface area contributed by atoms with Crippen LogP contribution >= 0.6 is 0 Å². The Morgan fingerprint density at radius 2 is 1.88 bits per heavy atom. The number of carbonyl (C=O) groups is 2. The van der Waals surface area contributed by atoms with Crippen LogP contribution in [-0.2, 0) is 14.8 Å². The van der Waals surface area contributed by atoms with Gasteiger partial charge in [0.25, 0.3) is 11.8 Å². The Balaban J connectivity index is 1.44. The molecule has 0 spiro atoms. The number of hydrogen-bond acceptors (Lipinski definition) is 5. The molecule has 4 rings (SSSR count). The van der Waals surface area contributed by atoms with E-state index in [1.165, 1.54) is 48.2 Å². The summed E-state index contributed by atoms with van der Waals surface area (Å²) in [6.07, 6.45) is 5.77. The maximum atomic E-state index is 12.8. The number of nitrogens with two attached hydrogens (primary N) is 1. The minimum absolute atomic E-state index is 0.00237. The Labute approximate surface area is 189 Å². The molecule has 9 heteroatoms. The van der Waals surface area contributed by atoms with Crippen molar-refractivity contribution >= 4 is 21.8 Å². The first kappa shape index (κ1) is 23.0. The molecule has 3 fully saturated rings. The first-order chi connectivity index (χ1) is 15.2. The maximum Gasteiger partial charge on any atom is 0.260 e. The van der Waals surface area contributed by atoms with Crippen molar-refractivity contribution in [3.63, 3.8) is 0 Å². The van der Waals surface area contributed by atoms with Crippen LogP contribution in [0.1, 0.15) is 62.7 Å². The Hall–Kier alpha value is -2.13. The molecule has 1 saturated heterocycles. The lowest BCUT2D eigenvalue weighted by Gasteiger charge is -2.29. The standard InChI is InChI=1S/C23H33N3O5S/c1-14(19-12-16-5-6-17(19)11-16)25-23(28)15(2)31-21-8-7-18(13-20(21)22(24)27)32(29,30)26-9-3-4-10-26/h7-8,13-17,19H,3-6,9-12H2,1-2H3,(H2,24,27)(H,25,28)/t14-,15-,16-,17-,19+/m0/s1. The van der Waals surface area contributed by atoms with E-state index in [1.807, 2.05) is 6.92 Å². The van der Waals surface area contributed by atoms with E-state index in [0.717, 1.165) is 18.8 Å². The van der Waals surface area contributed by atoms with Crippen LogP contribution in [0.5, 0.6) is 5.75 Å². The van der Waals surface area contributed by atoms with Gasteiger partial charge in [-0.2, -0.15) is 4.31 Å². The highest BCUT2D eigenvalue weighted by Gasteiger charge is 2.42. The monoisotopic (exact) mass is 463 g/mol. The second-order valence-electron chi connectivity index (χ2n) is 9.53. The molecular weight excluding hydrogens is 430 g/mol. The number of rotatable bonds is 8. The highest BCUT2D eigenvalue weighted by atomic mass is 32.2. The van der Waals surface area contributed by atoms with Gasteiger partial charge in [-0.25, -0.2) is 8.42 Å². The summed E-state index contributed by atoms with van der Waals surface area (Å²) in [6, 6.07) is 4.12. The van der Waals surface area contributed by atoms with Gasteiger partial charge < -0.3 is 15.8 Å². The van der Waals surface area contributed by atoms with Crippen molar-refractivity contribution in [3.8, 4) is 5.75 Å². The number of amides is 2. The smallest absolute Gasteiger partial charge is 0.260 e. The van der Waals surface area contributed by atoms with Gasteiger partial charge in [-0.05, 0) is 81.9 Å². The molecule has 1 aromatic rings. The van der Waals surface area contributed by atoms with Crippen molar-refractivity contribution in [2.24, 2.45) is 23.5 Å². The van der Waals surface area contributed by atoms with Gasteiger partial charge in [0.15, 0.2) is 6.10 Å². The van der Waals surface area contributed by atoms with E-state index < -0.39 is 22.0 Å². The van der Waals surface area contributed by atoms with Gasteiger partial charge >= 0.3 is 0 Å². The lowest BCUT2D eigenvalue weighted by atomic mass is 9.84. The fraction of sp³-hybridized carbons (Fsp3) is 0.652. The van der Waals surface area contributed by atoms with E-state index in [0.29, 0.717) is 24.9 Å². The molecule has 32 heavy (non-hydrogen) atoms. The van der Waals surface area contributed by atoms with Crippen LogP contribution in [-0.4, -0.2) is 49.8 Å². The summed E-state index contributed by atoms with van der Waals surface area (Å²) in [5.41, 5.74) is 5.45. The predicted octanol–water partition coefficient (Wildman–Crippen LogP) is 2.28. The number of primary amides is 1. The van der Waals surface area contributed by atoms with Crippen molar-refractivity contribution in [1.29, 1.82) is 0 Å². The zero-order chi connectivity index (χ0) is 23.0. The summed E-state index contributed by atoms with van der Waals surface area (Å²) in [4.78, 5) is 24.8. The van der Waals surface area contributed by atoms with Crippen LogP contribution in [0.3, 0.4) is 0 Å². The average molecular weight is 464 g/mol. The summed E-state index contributed by atoms with van der Waals surface area (Å²) in [5.74, 6) is 1.03. The first-order valence-corrected chi connectivity index (χ1v) is 13.0. The normalized spacial score (nSPS) is 27.2. The fourth-order valence-corrected chi connectivity index (χ4v) is 7.19. The van der Waals surface area contributed by atoms with Gasteiger partial charge in [-0.1, -0.05) is 6.42 Å². The number of hydrogen-bond donors (Lipinski definition) is 2. The number of fused-ring (bicyclic) bond motifs is 2. The van der Waals surface area contributed by atoms with Gasteiger partial charge in [0.2, 0.25) is 10.0 Å². The van der Waals surface area contributed by atoms with Crippen LogP contribution in [0.2, 0.25) is 0 Å². The van der Waals surface area contributed by atoms with Crippen molar-refractivity contribution in [3.05, 3.63) is 23.8 Å². The third-order valence-electron chi connectivity index (χ3n) is 7.40. The molecule has 5 atom stereocenters. The zero-order valence-corrected chi connectivity index (χ0v) is 19.6. The molecule has 2 amide bonds. The molecule has 3 aliphatic rings. The Morgan fingerprint density at radius 3 is 2.47 bits per heavy atom. The second kappa shape index (κ2) is 9.02. The van der Waals surface area contributed by atoms with E-state index in [2.05, 4.69) is 5.32 Å². The molecule has 0 radical (unpaired) electrons. The summed E-state index contributed by atoms with van der Waals surface area (Å²) >= 11 is 0. The van der Waals surface area contributed by atoms with Crippen LogP contribution in [0.15, 0.2) is 23.1 Å². The molecule has 1 heterocycles. The predicted molar refractivity (Wildman–Crippen MR) is 120 cm³/mol. The highest BCUT2D eigenvalue weighted by Crippen LogP contribution is 2.49. The molecule has 2 bridgehead atoms. The van der Waals surface area contributed by atoms with Gasteiger partial charge in [0, 0.05) is 19.1 Å². The van der Waals surface area contributed by atoms with Crippen LogP contribution in [0, 0.1) is 17.8 Å². The van der Waals surface area contributed by atoms with Gasteiger partial charge in [0.1, 0.15) is 5.75 Å². The minimum Gasteiger partial charge on any atom is -0.480 e. The molecule has 1 aliphatic heterocycles. The molecular formula is C23H33N3O5S. The lowest BCUT2D eigenvalue weighted by Crippen LogP contribution is -2.45. The molecule has 0 unspecified atom stereocenters. The molecule has 0 aromatic heterocycles. The summed E-state index contributed by atoms with van der Waals surface area (Å²) in [6.45, 7) is 4.58. The quantitative estimate of drug-likeness (QED) is 0.613. The number of ether oxygens (including phenoxy) is 1. The van der Waals surface area contributed by atoms with Gasteiger partial charge in [-0.3, -0.25) is 9.59 Å². The number of benzene rings is 1. The van der Waals surface area contributed by atoms with E-state index in [-0.39, 0.29) is 28.2 Å². The fourth-order valence-electron chi connectivity index (χ4n) is 5.64. The van der Waals surface area contributed by atoms with Crippen LogP contribution in [0.25, 0.3) is 0 Å². The summed E-state index contributed by atoms with van der Waals surface area (Å²) in [5, 5.41) is 3.07. The Kier molecular flexibility index (Phi) is 6.49. The molecule has 3 N–H and O–H groups in total. The minimum atomic E-state index is -3.70. The Morgan fingerprint density at radius 1 is 1.16 bits per heavy atom. The number of nitrogens with zero attached hydrogens (tertiary/aromatic N) is 1. The van der Waals surface area contributed by atoms with E-state index in [4.69, 9.17) is 10.5 Å².